The Balaban J connectivity index is 3.01. The van der Waals surface area contributed by atoms with E-state index in [4.69, 9.17) is 17.0 Å². The van der Waals surface area contributed by atoms with Crippen LogP contribution in [0.1, 0.15) is 45.9 Å². The fraction of sp³-hybridized carbons (Fsp3) is 0.611. The minimum absolute atomic E-state index is 0.0921. The second-order valence-corrected chi connectivity index (χ2v) is 7.70. The second kappa shape index (κ2) is 11.2. The average Bonchev–Trinajstić information content (AvgIpc) is 2.94. The highest BCUT2D eigenvalue weighted by Gasteiger charge is 2.27. The van der Waals surface area contributed by atoms with Crippen LogP contribution in [0.3, 0.4) is 0 Å². The number of nitrogens with zero attached hydrogens (tertiary/aromatic N) is 2. The maximum absolute atomic E-state index is 12.8. The number of ether oxygens (including phenoxy) is 1. The summed E-state index contributed by atoms with van der Waals surface area (Å²) >= 11 is 6.57. The highest BCUT2D eigenvalue weighted by atomic mass is 32.1. The van der Waals surface area contributed by atoms with Crippen LogP contribution < -0.4 is 10.6 Å². The van der Waals surface area contributed by atoms with Crippen LogP contribution in [-0.4, -0.2) is 74.2 Å². The van der Waals surface area contributed by atoms with Crippen molar-refractivity contribution < 1.29 is 14.3 Å². The van der Waals surface area contributed by atoms with Crippen molar-refractivity contribution in [3.05, 3.63) is 16.0 Å². The van der Waals surface area contributed by atoms with Crippen LogP contribution in [0.2, 0.25) is 0 Å². The van der Waals surface area contributed by atoms with Gasteiger partial charge in [0.1, 0.15) is 5.00 Å². The van der Waals surface area contributed by atoms with E-state index in [1.807, 2.05) is 27.9 Å². The van der Waals surface area contributed by atoms with Crippen LogP contribution in [0.4, 0.5) is 5.00 Å². The molecule has 0 saturated carbocycles. The molecule has 0 aliphatic rings. The molecule has 2 N–H and O–H groups in total. The third-order valence-corrected chi connectivity index (χ3v) is 5.52. The highest BCUT2D eigenvalue weighted by molar-refractivity contribution is 7.80. The fourth-order valence-corrected chi connectivity index (χ4v) is 3.99. The standard InChI is InChI=1S/C18H30N4O3S2/c1-7-22(8-2)16(23)14-12(3)13(17(24)25-6)15(27-14)20-18(26)19-10-9-11-21(4)5/h7-11H2,1-6H3,(H2,19,20,26). The summed E-state index contributed by atoms with van der Waals surface area (Å²) in [5.74, 6) is -0.578. The zero-order chi connectivity index (χ0) is 20.6. The zero-order valence-electron chi connectivity index (χ0n) is 17.0. The smallest absolute Gasteiger partial charge is 0.341 e. The first-order valence-corrected chi connectivity index (χ1v) is 10.2. The Morgan fingerprint density at radius 2 is 1.85 bits per heavy atom. The molecule has 1 aromatic heterocycles. The van der Waals surface area contributed by atoms with Gasteiger partial charge in [0.05, 0.1) is 17.6 Å². The van der Waals surface area contributed by atoms with Crippen LogP contribution in [0.5, 0.6) is 0 Å². The maximum Gasteiger partial charge on any atom is 0.341 e. The molecule has 1 rings (SSSR count). The minimum Gasteiger partial charge on any atom is -0.465 e. The molecule has 7 nitrogen and oxygen atoms in total. The van der Waals surface area contributed by atoms with Crippen molar-refractivity contribution in [2.75, 3.05) is 52.7 Å². The van der Waals surface area contributed by atoms with Gasteiger partial charge < -0.3 is 25.2 Å². The van der Waals surface area contributed by atoms with Crippen molar-refractivity contribution in [2.45, 2.75) is 27.2 Å². The first kappa shape index (κ1) is 23.3. The molecule has 152 valence electrons. The molecule has 0 atom stereocenters. The number of anilines is 1. The lowest BCUT2D eigenvalue weighted by Crippen LogP contribution is -2.31. The van der Waals surface area contributed by atoms with Crippen molar-refractivity contribution in [1.29, 1.82) is 0 Å². The van der Waals surface area contributed by atoms with Gasteiger partial charge in [-0.3, -0.25) is 4.79 Å². The molecule has 0 unspecified atom stereocenters. The number of hydrogen-bond acceptors (Lipinski definition) is 6. The summed E-state index contributed by atoms with van der Waals surface area (Å²) in [6.07, 6.45) is 0.938. The lowest BCUT2D eigenvalue weighted by Gasteiger charge is -2.18. The quantitative estimate of drug-likeness (QED) is 0.365. The summed E-state index contributed by atoms with van der Waals surface area (Å²) in [4.78, 5) is 29.4. The van der Waals surface area contributed by atoms with Gasteiger partial charge in [-0.15, -0.1) is 11.3 Å². The fourth-order valence-electron chi connectivity index (χ4n) is 2.55. The number of thiophene rings is 1. The summed E-state index contributed by atoms with van der Waals surface area (Å²) in [6.45, 7) is 8.49. The molecule has 1 aromatic rings. The largest absolute Gasteiger partial charge is 0.465 e. The van der Waals surface area contributed by atoms with Crippen molar-refractivity contribution >= 4 is 45.5 Å². The van der Waals surface area contributed by atoms with Crippen LogP contribution in [0.25, 0.3) is 0 Å². The summed E-state index contributed by atoms with van der Waals surface area (Å²) < 4.78 is 4.90. The van der Waals surface area contributed by atoms with E-state index in [0.717, 1.165) is 13.0 Å². The number of amides is 1. The lowest BCUT2D eigenvalue weighted by atomic mass is 10.1. The number of rotatable bonds is 9. The molecular formula is C18H30N4O3S2. The van der Waals surface area contributed by atoms with Crippen molar-refractivity contribution in [3.8, 4) is 0 Å². The summed E-state index contributed by atoms with van der Waals surface area (Å²) in [5, 5.41) is 7.13. The predicted octanol–water partition coefficient (Wildman–Crippen LogP) is 2.56. The molecule has 0 radical (unpaired) electrons. The van der Waals surface area contributed by atoms with Gasteiger partial charge in [0.25, 0.3) is 5.91 Å². The lowest BCUT2D eigenvalue weighted by molar-refractivity contribution is 0.0601. The van der Waals surface area contributed by atoms with E-state index in [9.17, 15) is 9.59 Å². The molecule has 0 aliphatic carbocycles. The zero-order valence-corrected chi connectivity index (χ0v) is 18.6. The van der Waals surface area contributed by atoms with Crippen molar-refractivity contribution in [2.24, 2.45) is 0 Å². The summed E-state index contributed by atoms with van der Waals surface area (Å²) in [5.41, 5.74) is 0.970. The Labute approximate surface area is 171 Å². The first-order valence-electron chi connectivity index (χ1n) is 8.97. The Kier molecular flexibility index (Phi) is 9.68. The monoisotopic (exact) mass is 414 g/mol. The van der Waals surface area contributed by atoms with E-state index in [1.165, 1.54) is 18.4 Å². The van der Waals surface area contributed by atoms with Crippen LogP contribution in [-0.2, 0) is 4.74 Å². The Morgan fingerprint density at radius 1 is 1.22 bits per heavy atom. The number of carbonyl (C=O) groups excluding carboxylic acids is 2. The molecule has 0 fully saturated rings. The predicted molar refractivity (Wildman–Crippen MR) is 115 cm³/mol. The molecule has 0 aliphatic heterocycles. The average molecular weight is 415 g/mol. The third-order valence-electron chi connectivity index (χ3n) is 4.08. The van der Waals surface area contributed by atoms with Crippen molar-refractivity contribution in [1.82, 2.24) is 15.1 Å². The van der Waals surface area contributed by atoms with Crippen molar-refractivity contribution in [3.63, 3.8) is 0 Å². The number of thiocarbonyl (C=S) groups is 1. The number of hydrogen-bond donors (Lipinski definition) is 2. The third kappa shape index (κ3) is 6.44. The topological polar surface area (TPSA) is 73.9 Å². The molecule has 0 aromatic carbocycles. The molecule has 27 heavy (non-hydrogen) atoms. The van der Waals surface area contributed by atoms with Gasteiger partial charge in [-0.05, 0) is 65.6 Å². The molecular weight excluding hydrogens is 384 g/mol. The summed E-state index contributed by atoms with van der Waals surface area (Å²) in [6, 6.07) is 0. The molecule has 0 bridgehead atoms. The van der Waals surface area contributed by atoms with E-state index in [2.05, 4.69) is 15.5 Å². The van der Waals surface area contributed by atoms with E-state index in [1.54, 1.807) is 11.8 Å². The van der Waals surface area contributed by atoms with Crippen LogP contribution >= 0.6 is 23.6 Å². The second-order valence-electron chi connectivity index (χ2n) is 6.27. The van der Waals surface area contributed by atoms with Gasteiger partial charge in [0.15, 0.2) is 5.11 Å². The van der Waals surface area contributed by atoms with Gasteiger partial charge in [-0.2, -0.15) is 0 Å². The van der Waals surface area contributed by atoms with Gasteiger partial charge in [0, 0.05) is 19.6 Å². The van der Waals surface area contributed by atoms with E-state index < -0.39 is 5.97 Å². The molecule has 0 spiro atoms. The highest BCUT2D eigenvalue weighted by Crippen LogP contribution is 2.34. The SMILES string of the molecule is CCN(CC)C(=O)c1sc(NC(=S)NCCCN(C)C)c(C(=O)OC)c1C. The van der Waals surface area contributed by atoms with E-state index >= 15 is 0 Å². The Bertz CT molecular complexity index is 670. The first-order chi connectivity index (χ1) is 12.8. The number of nitrogens with one attached hydrogen (secondary N) is 2. The normalized spacial score (nSPS) is 10.6. The van der Waals surface area contributed by atoms with E-state index in [-0.39, 0.29) is 5.91 Å². The van der Waals surface area contributed by atoms with E-state index in [0.29, 0.717) is 45.8 Å². The Morgan fingerprint density at radius 3 is 2.37 bits per heavy atom. The molecule has 0 saturated heterocycles. The number of carbonyl (C=O) groups is 2. The summed E-state index contributed by atoms with van der Waals surface area (Å²) in [7, 11) is 5.36. The maximum atomic E-state index is 12.8. The van der Waals surface area contributed by atoms with Gasteiger partial charge in [-0.25, -0.2) is 4.79 Å². The van der Waals surface area contributed by atoms with Gasteiger partial charge in [0.2, 0.25) is 0 Å². The van der Waals surface area contributed by atoms with Crippen LogP contribution in [0.15, 0.2) is 0 Å². The minimum atomic E-state index is -0.486. The van der Waals surface area contributed by atoms with Gasteiger partial charge >= 0.3 is 5.97 Å². The molecule has 1 heterocycles. The number of methoxy groups -OCH3 is 1. The molecule has 1 amide bonds. The number of esters is 1. The van der Waals surface area contributed by atoms with Crippen LogP contribution in [0, 0.1) is 6.92 Å². The molecule has 9 heteroatoms. The Hall–Kier alpha value is -1.71. The van der Waals surface area contributed by atoms with Gasteiger partial charge in [-0.1, -0.05) is 0 Å².